The number of benzene rings is 20. The first kappa shape index (κ1) is 79.6. The minimum atomic E-state index is 0.922. The zero-order valence-electron chi connectivity index (χ0n) is 73.8. The molecule has 0 radical (unpaired) electrons. The Morgan fingerprint density at radius 3 is 0.883 bits per heavy atom. The van der Waals surface area contributed by atoms with E-state index in [4.69, 9.17) is 29.9 Å². The first-order valence-corrected chi connectivity index (χ1v) is 48.8. The van der Waals surface area contributed by atoms with Crippen LogP contribution in [0.3, 0.4) is 0 Å². The van der Waals surface area contributed by atoms with E-state index in [0.29, 0.717) is 0 Å². The molecule has 0 N–H and O–H groups in total. The summed E-state index contributed by atoms with van der Waals surface area (Å²) in [6, 6.07) is 165. The lowest BCUT2D eigenvalue weighted by molar-refractivity contribution is 1.39. The number of rotatable bonds is 9. The molecular weight excluding hydrogens is 1720 g/mol. The van der Waals surface area contributed by atoms with Gasteiger partial charge in [0.2, 0.25) is 0 Å². The molecule has 9 heterocycles. The molecule has 29 aromatic rings. The van der Waals surface area contributed by atoms with Crippen molar-refractivity contribution in [2.75, 3.05) is 0 Å². The van der Waals surface area contributed by atoms with Crippen molar-refractivity contribution >= 4 is 214 Å². The van der Waals surface area contributed by atoms with Gasteiger partial charge in [-0.3, -0.25) is 0 Å². The second-order valence-corrected chi connectivity index (χ2v) is 38.4. The van der Waals surface area contributed by atoms with Gasteiger partial charge in [-0.05, 0) is 133 Å². The third-order valence-electron chi connectivity index (χ3n) is 27.4. The lowest BCUT2D eigenvalue weighted by Gasteiger charge is -2.15. The van der Waals surface area contributed by atoms with Crippen LogP contribution in [0.25, 0.3) is 281 Å². The summed E-state index contributed by atoms with van der Waals surface area (Å²) < 4.78 is 7.98. The minimum absolute atomic E-state index is 0.922. The zero-order chi connectivity index (χ0) is 90.1. The van der Waals surface area contributed by atoms with Crippen LogP contribution in [0.5, 0.6) is 0 Å². The van der Waals surface area contributed by atoms with E-state index in [9.17, 15) is 0 Å². The molecule has 0 fully saturated rings. The molecule has 9 aromatic heterocycles. The Bertz CT molecular complexity index is 10000. The summed E-state index contributed by atoms with van der Waals surface area (Å²) in [7, 11) is 0. The Morgan fingerprint density at radius 1 is 0.139 bits per heavy atom. The molecule has 0 aliphatic carbocycles. The van der Waals surface area contributed by atoms with Gasteiger partial charge in [-0.1, -0.05) is 394 Å². The summed E-state index contributed by atoms with van der Waals surface area (Å²) in [6.07, 6.45) is 0. The molecule has 0 spiro atoms. The van der Waals surface area contributed by atoms with Crippen molar-refractivity contribution in [2.45, 2.75) is 0 Å². The molecule has 0 saturated heterocycles. The molecule has 0 aliphatic rings. The number of aromatic nitrogens is 6. The average Bonchev–Trinajstić information content (AvgIpc) is 1.74. The second kappa shape index (κ2) is 32.9. The quantitative estimate of drug-likeness (QED) is 0.106. The summed E-state index contributed by atoms with van der Waals surface area (Å²) in [4.78, 5) is 31.5. The van der Waals surface area contributed by atoms with Crippen LogP contribution in [0.4, 0.5) is 0 Å². The van der Waals surface area contributed by atoms with Gasteiger partial charge in [0, 0.05) is 148 Å². The highest BCUT2D eigenvalue weighted by molar-refractivity contribution is 7.27. The number of hydrogen-bond donors (Lipinski definition) is 0. The lowest BCUT2D eigenvalue weighted by atomic mass is 9.92. The van der Waals surface area contributed by atoms with Crippen LogP contribution in [-0.2, 0) is 0 Å². The van der Waals surface area contributed by atoms with Crippen LogP contribution in [0.2, 0.25) is 0 Å². The maximum Gasteiger partial charge on any atom is 0.0978 e. The van der Waals surface area contributed by atoms with Crippen molar-refractivity contribution in [1.29, 1.82) is 0 Å². The number of nitrogens with zero attached hydrogens (tertiary/aromatic N) is 6. The van der Waals surface area contributed by atoms with Gasteiger partial charge in [-0.25, -0.2) is 29.9 Å². The molecule has 0 bridgehead atoms. The maximum absolute atomic E-state index is 5.39. The van der Waals surface area contributed by atoms with Crippen molar-refractivity contribution in [3.63, 3.8) is 0 Å². The van der Waals surface area contributed by atoms with E-state index >= 15 is 0 Å². The molecular formula is C128H76N6S3. The fraction of sp³-hybridized carbons (Fsp3) is 0. The third kappa shape index (κ3) is 13.6. The van der Waals surface area contributed by atoms with Gasteiger partial charge >= 0.3 is 0 Å². The Hall–Kier alpha value is -17.2. The van der Waals surface area contributed by atoms with Gasteiger partial charge in [0.05, 0.1) is 66.7 Å². The molecule has 636 valence electrons. The Kier molecular flexibility index (Phi) is 19.1. The normalized spacial score (nSPS) is 11.8. The zero-order valence-corrected chi connectivity index (χ0v) is 76.2. The van der Waals surface area contributed by atoms with Gasteiger partial charge in [-0.15, -0.1) is 34.0 Å². The summed E-state index contributed by atoms with van der Waals surface area (Å²) in [5.74, 6) is 0. The van der Waals surface area contributed by atoms with Gasteiger partial charge in [-0.2, -0.15) is 0 Å². The first-order chi connectivity index (χ1) is 67.9. The number of thiophene rings is 3. The maximum atomic E-state index is 5.39. The summed E-state index contributed by atoms with van der Waals surface area (Å²) in [5.41, 5.74) is 29.3. The van der Waals surface area contributed by atoms with E-state index in [0.717, 1.165) is 132 Å². The molecule has 9 heteroatoms. The molecule has 0 atom stereocenters. The third-order valence-corrected chi connectivity index (χ3v) is 31.0. The van der Waals surface area contributed by atoms with Crippen molar-refractivity contribution in [3.8, 4) is 101 Å². The van der Waals surface area contributed by atoms with E-state index < -0.39 is 0 Å². The van der Waals surface area contributed by atoms with E-state index in [-0.39, 0.29) is 0 Å². The predicted octanol–water partition coefficient (Wildman–Crippen LogP) is 36.2. The molecule has 0 saturated carbocycles. The van der Waals surface area contributed by atoms with Gasteiger partial charge in [0.1, 0.15) is 0 Å². The fourth-order valence-corrected chi connectivity index (χ4v) is 24.6. The highest BCUT2D eigenvalue weighted by Crippen LogP contribution is 2.49. The van der Waals surface area contributed by atoms with Gasteiger partial charge in [0.15, 0.2) is 0 Å². The summed E-state index contributed by atoms with van der Waals surface area (Å²) in [5, 5.41) is 22.8. The number of hydrogen-bond acceptors (Lipinski definition) is 9. The van der Waals surface area contributed by atoms with Crippen molar-refractivity contribution < 1.29 is 0 Å². The van der Waals surface area contributed by atoms with Crippen molar-refractivity contribution in [1.82, 2.24) is 29.9 Å². The molecule has 20 aromatic carbocycles. The monoisotopic (exact) mass is 1790 g/mol. The van der Waals surface area contributed by atoms with Crippen LogP contribution >= 0.6 is 34.0 Å². The molecule has 0 unspecified atom stereocenters. The number of pyridine rings is 6. The van der Waals surface area contributed by atoms with E-state index in [1.807, 2.05) is 34.0 Å². The van der Waals surface area contributed by atoms with E-state index in [2.05, 4.69) is 461 Å². The Labute approximate surface area is 799 Å². The summed E-state index contributed by atoms with van der Waals surface area (Å²) in [6.45, 7) is 0. The molecule has 29 rings (SSSR count). The van der Waals surface area contributed by atoms with Crippen LogP contribution in [0.15, 0.2) is 461 Å². The molecule has 137 heavy (non-hydrogen) atoms. The standard InChI is InChI=1S/2C44H26N2S.C40H24N2S/c1-2-9-27(10-3-1)41-36-12-4-6-15-39(36)46-43-37(41)23-21-28-22-24-38(45-42(28)43)32-20-18-29-25-31(19-17-30(29)26-32)33-13-8-14-35-34-11-5-7-16-40(34)47-44(33)35;1-2-11-27(12-3-1)41-36-16-6-8-19-38(36)46-43-37(41)23-21-28-22-26-39(45-42(28)43)32-25-24-31(29-13-4-5-14-30(29)32)34-17-10-18-35-33-15-7-9-20-40(33)47-44(34)35;1-2-9-27(10-3-1)37-32-12-4-6-15-35(32)42-39-33(37)23-21-28-22-24-34(41-38(28)39)26-19-17-25(18-20-26)29-13-8-14-31-30-11-5-7-16-36(30)43-40(29)31/h2*1-26H;1-24H. The lowest BCUT2D eigenvalue weighted by Crippen LogP contribution is -1.93. The SMILES string of the molecule is c1ccc(-c2c3ccccc3nc3c2ccc2ccc(-c4ccc(-c5cccc6c5sc5ccccc56)c5ccccc45)nc23)cc1.c1ccc(-c2c3ccccc3nc3c2ccc2ccc(-c4ccc(-c5cccc6c5sc5ccccc56)cc4)nc23)cc1.c1ccc(-c2c3ccccc3nc3c2ccc2ccc(-c4ccc5cc(-c6cccc7c6sc6ccccc67)ccc5c4)nc23)cc1. The fourth-order valence-electron chi connectivity index (χ4n) is 20.9. The van der Waals surface area contributed by atoms with Gasteiger partial charge < -0.3 is 0 Å². The minimum Gasteiger partial charge on any atom is -0.245 e. The van der Waals surface area contributed by atoms with E-state index in [1.165, 1.54) is 149 Å². The van der Waals surface area contributed by atoms with Crippen LogP contribution in [0, 0.1) is 0 Å². The smallest absolute Gasteiger partial charge is 0.0978 e. The first-order valence-electron chi connectivity index (χ1n) is 46.3. The topological polar surface area (TPSA) is 77.3 Å². The Balaban J connectivity index is 0.000000104. The predicted molar refractivity (Wildman–Crippen MR) is 586 cm³/mol. The Morgan fingerprint density at radius 2 is 0.438 bits per heavy atom. The average molecular weight is 1790 g/mol. The molecule has 0 amide bonds. The highest BCUT2D eigenvalue weighted by Gasteiger charge is 2.23. The largest absolute Gasteiger partial charge is 0.245 e. The van der Waals surface area contributed by atoms with Crippen molar-refractivity contribution in [3.05, 3.63) is 461 Å². The van der Waals surface area contributed by atoms with Gasteiger partial charge in [0.25, 0.3) is 0 Å². The van der Waals surface area contributed by atoms with Crippen LogP contribution in [-0.4, -0.2) is 29.9 Å². The van der Waals surface area contributed by atoms with Crippen molar-refractivity contribution in [2.24, 2.45) is 0 Å². The number of fused-ring (bicyclic) bond motifs is 23. The summed E-state index contributed by atoms with van der Waals surface area (Å²) >= 11 is 5.62. The van der Waals surface area contributed by atoms with Crippen LogP contribution in [0.1, 0.15) is 0 Å². The van der Waals surface area contributed by atoms with E-state index in [1.54, 1.807) is 0 Å². The second-order valence-electron chi connectivity index (χ2n) is 35.2. The highest BCUT2D eigenvalue weighted by atomic mass is 32.1. The van der Waals surface area contributed by atoms with Crippen LogP contribution < -0.4 is 0 Å². The number of para-hydroxylation sites is 3. The molecule has 0 aliphatic heterocycles. The molecule has 6 nitrogen and oxygen atoms in total.